The van der Waals surface area contributed by atoms with Gasteiger partial charge in [-0.25, -0.2) is 4.98 Å². The Bertz CT molecular complexity index is 478. The van der Waals surface area contributed by atoms with Crippen molar-refractivity contribution >= 4 is 23.3 Å². The van der Waals surface area contributed by atoms with Gasteiger partial charge >= 0.3 is 0 Å². The first-order chi connectivity index (χ1) is 8.56. The first kappa shape index (κ1) is 12.2. The fraction of sp³-hybridized carbons (Fsp3) is 0.364. The van der Waals surface area contributed by atoms with E-state index in [4.69, 9.17) is 11.5 Å². The maximum absolute atomic E-state index is 11.0. The highest BCUT2D eigenvalue weighted by Gasteiger charge is 2.19. The van der Waals surface area contributed by atoms with Crippen molar-refractivity contribution in [2.45, 2.75) is 18.9 Å². The molecule has 0 saturated carbocycles. The summed E-state index contributed by atoms with van der Waals surface area (Å²) in [7, 11) is 0. The predicted octanol–water partition coefficient (Wildman–Crippen LogP) is -0.547. The minimum atomic E-state index is -0.602. The van der Waals surface area contributed by atoms with Crippen LogP contribution in [0.5, 0.6) is 0 Å². The number of nitrogen functional groups attached to an aromatic ring is 1. The van der Waals surface area contributed by atoms with E-state index in [0.29, 0.717) is 30.9 Å². The van der Waals surface area contributed by atoms with Crippen molar-refractivity contribution in [2.24, 2.45) is 5.73 Å². The van der Waals surface area contributed by atoms with Crippen LogP contribution in [-0.2, 0) is 4.79 Å². The minimum Gasteiger partial charge on any atom is -0.396 e. The van der Waals surface area contributed by atoms with E-state index in [9.17, 15) is 9.59 Å². The van der Waals surface area contributed by atoms with Crippen LogP contribution in [0.15, 0.2) is 12.1 Å². The topological polar surface area (TPSA) is 123 Å². The standard InChI is InChI=1S/C11H15N5O2/c12-7-2-3-8(10(13)18)16-11(7)15-6-1-4-9(17)14-5-6/h2-3,6H,1,4-5,12H2,(H2,13,18)(H,14,17)(H,15,16). The van der Waals surface area contributed by atoms with E-state index in [1.807, 2.05) is 0 Å². The average molecular weight is 249 g/mol. The van der Waals surface area contributed by atoms with E-state index < -0.39 is 5.91 Å². The van der Waals surface area contributed by atoms with Crippen molar-refractivity contribution in [1.29, 1.82) is 0 Å². The van der Waals surface area contributed by atoms with Gasteiger partial charge < -0.3 is 22.1 Å². The molecule has 7 heteroatoms. The summed E-state index contributed by atoms with van der Waals surface area (Å²) in [5.74, 6) is -0.137. The van der Waals surface area contributed by atoms with Crippen LogP contribution in [0, 0.1) is 0 Å². The number of carbonyl (C=O) groups excluding carboxylic acids is 2. The van der Waals surface area contributed by atoms with Crippen LogP contribution >= 0.6 is 0 Å². The van der Waals surface area contributed by atoms with Gasteiger partial charge in [0.15, 0.2) is 0 Å². The molecule has 2 amide bonds. The zero-order chi connectivity index (χ0) is 13.1. The van der Waals surface area contributed by atoms with E-state index in [0.717, 1.165) is 0 Å². The molecule has 2 heterocycles. The quantitative estimate of drug-likeness (QED) is 0.572. The number of nitrogens with two attached hydrogens (primary N) is 2. The molecule has 2 rings (SSSR count). The Morgan fingerprint density at radius 1 is 1.50 bits per heavy atom. The molecule has 0 aliphatic carbocycles. The molecule has 1 saturated heterocycles. The van der Waals surface area contributed by atoms with Crippen LogP contribution < -0.4 is 22.1 Å². The zero-order valence-electron chi connectivity index (χ0n) is 9.77. The normalized spacial score (nSPS) is 19.1. The molecule has 0 spiro atoms. The molecule has 1 unspecified atom stereocenters. The lowest BCUT2D eigenvalue weighted by molar-refractivity contribution is -0.122. The number of carbonyl (C=O) groups is 2. The third-order valence-corrected chi connectivity index (χ3v) is 2.79. The van der Waals surface area contributed by atoms with E-state index >= 15 is 0 Å². The lowest BCUT2D eigenvalue weighted by Crippen LogP contribution is -2.42. The fourth-order valence-electron chi connectivity index (χ4n) is 1.77. The Morgan fingerprint density at radius 2 is 2.28 bits per heavy atom. The molecule has 1 fully saturated rings. The molecule has 1 aliphatic rings. The van der Waals surface area contributed by atoms with Crippen molar-refractivity contribution in [1.82, 2.24) is 10.3 Å². The summed E-state index contributed by atoms with van der Waals surface area (Å²) in [6.07, 6.45) is 1.17. The van der Waals surface area contributed by atoms with Crippen molar-refractivity contribution in [2.75, 3.05) is 17.6 Å². The smallest absolute Gasteiger partial charge is 0.267 e. The van der Waals surface area contributed by atoms with Gasteiger partial charge in [0, 0.05) is 19.0 Å². The largest absolute Gasteiger partial charge is 0.396 e. The zero-order valence-corrected chi connectivity index (χ0v) is 9.77. The lowest BCUT2D eigenvalue weighted by atomic mass is 10.1. The van der Waals surface area contributed by atoms with Gasteiger partial charge in [-0.1, -0.05) is 0 Å². The molecule has 0 bridgehead atoms. The molecule has 1 aromatic heterocycles. The Kier molecular flexibility index (Phi) is 3.31. The van der Waals surface area contributed by atoms with Crippen molar-refractivity contribution in [3.8, 4) is 0 Å². The maximum atomic E-state index is 11.0. The van der Waals surface area contributed by atoms with Gasteiger partial charge in [0.25, 0.3) is 5.91 Å². The number of rotatable bonds is 3. The molecule has 1 aromatic rings. The summed E-state index contributed by atoms with van der Waals surface area (Å²) in [6.45, 7) is 0.515. The lowest BCUT2D eigenvalue weighted by Gasteiger charge is -2.24. The summed E-state index contributed by atoms with van der Waals surface area (Å²) in [4.78, 5) is 26.1. The van der Waals surface area contributed by atoms with E-state index in [1.54, 1.807) is 6.07 Å². The summed E-state index contributed by atoms with van der Waals surface area (Å²) in [5, 5.41) is 5.85. The Morgan fingerprint density at radius 3 is 2.89 bits per heavy atom. The van der Waals surface area contributed by atoms with Crippen molar-refractivity contribution in [3.63, 3.8) is 0 Å². The van der Waals surface area contributed by atoms with Crippen LogP contribution in [0.3, 0.4) is 0 Å². The number of nitrogens with zero attached hydrogens (tertiary/aromatic N) is 1. The number of piperidine rings is 1. The second kappa shape index (κ2) is 4.91. The monoisotopic (exact) mass is 249 g/mol. The first-order valence-electron chi connectivity index (χ1n) is 5.66. The predicted molar refractivity (Wildman–Crippen MR) is 66.8 cm³/mol. The number of hydrogen-bond donors (Lipinski definition) is 4. The van der Waals surface area contributed by atoms with Crippen molar-refractivity contribution in [3.05, 3.63) is 17.8 Å². The number of pyridine rings is 1. The molecular weight excluding hydrogens is 234 g/mol. The van der Waals surface area contributed by atoms with Gasteiger partial charge in [0.1, 0.15) is 11.5 Å². The Labute approximate surface area is 104 Å². The summed E-state index contributed by atoms with van der Waals surface area (Å²) in [6, 6.07) is 3.11. The highest BCUT2D eigenvalue weighted by molar-refractivity contribution is 5.91. The molecule has 0 radical (unpaired) electrons. The van der Waals surface area contributed by atoms with Gasteiger partial charge in [-0.05, 0) is 18.6 Å². The molecule has 6 N–H and O–H groups in total. The molecule has 0 aromatic carbocycles. The van der Waals surface area contributed by atoms with Crippen LogP contribution in [0.4, 0.5) is 11.5 Å². The summed E-state index contributed by atoms with van der Waals surface area (Å²) in [5.41, 5.74) is 11.5. The highest BCUT2D eigenvalue weighted by Crippen LogP contribution is 2.18. The fourth-order valence-corrected chi connectivity index (χ4v) is 1.77. The number of hydrogen-bond acceptors (Lipinski definition) is 5. The van der Waals surface area contributed by atoms with E-state index in [2.05, 4.69) is 15.6 Å². The van der Waals surface area contributed by atoms with Crippen LogP contribution in [0.2, 0.25) is 0 Å². The molecule has 1 atom stereocenters. The Hall–Kier alpha value is -2.31. The SMILES string of the molecule is NC(=O)c1ccc(N)c(NC2CCC(=O)NC2)n1. The highest BCUT2D eigenvalue weighted by atomic mass is 16.2. The second-order valence-electron chi connectivity index (χ2n) is 4.18. The minimum absolute atomic E-state index is 0.0415. The Balaban J connectivity index is 2.10. The number of amides is 2. The first-order valence-corrected chi connectivity index (χ1v) is 5.66. The van der Waals surface area contributed by atoms with Gasteiger partial charge in [-0.3, -0.25) is 9.59 Å². The third kappa shape index (κ3) is 2.68. The van der Waals surface area contributed by atoms with Gasteiger partial charge in [0.2, 0.25) is 5.91 Å². The molecule has 7 nitrogen and oxygen atoms in total. The van der Waals surface area contributed by atoms with Crippen LogP contribution in [0.25, 0.3) is 0 Å². The molecule has 96 valence electrons. The third-order valence-electron chi connectivity index (χ3n) is 2.79. The molecule has 1 aliphatic heterocycles. The summed E-state index contributed by atoms with van der Waals surface area (Å²) < 4.78 is 0. The molecular formula is C11H15N5O2. The number of anilines is 2. The molecule has 18 heavy (non-hydrogen) atoms. The van der Waals surface area contributed by atoms with Crippen LogP contribution in [0.1, 0.15) is 23.3 Å². The maximum Gasteiger partial charge on any atom is 0.267 e. The van der Waals surface area contributed by atoms with Crippen molar-refractivity contribution < 1.29 is 9.59 Å². The number of primary amides is 1. The number of nitrogens with one attached hydrogen (secondary N) is 2. The van der Waals surface area contributed by atoms with Crippen LogP contribution in [-0.4, -0.2) is 29.4 Å². The van der Waals surface area contributed by atoms with E-state index in [-0.39, 0.29) is 17.6 Å². The van der Waals surface area contributed by atoms with E-state index in [1.165, 1.54) is 6.07 Å². The average Bonchev–Trinajstić information content (AvgIpc) is 2.34. The summed E-state index contributed by atoms with van der Waals surface area (Å²) >= 11 is 0. The van der Waals surface area contributed by atoms with Gasteiger partial charge in [-0.2, -0.15) is 0 Å². The second-order valence-corrected chi connectivity index (χ2v) is 4.18. The van der Waals surface area contributed by atoms with Gasteiger partial charge in [0.05, 0.1) is 5.69 Å². The van der Waals surface area contributed by atoms with Gasteiger partial charge in [-0.15, -0.1) is 0 Å². The number of aromatic nitrogens is 1.